The minimum atomic E-state index is -0.872. The molecule has 0 aromatic rings. The van der Waals surface area contributed by atoms with Gasteiger partial charge in [0, 0.05) is 18.5 Å². The number of hydrogen-bond acceptors (Lipinski definition) is 3. The lowest BCUT2D eigenvalue weighted by Crippen LogP contribution is -2.46. The summed E-state index contributed by atoms with van der Waals surface area (Å²) in [4.78, 5) is 25.4. The lowest BCUT2D eigenvalue weighted by atomic mass is 9.99. The lowest BCUT2D eigenvalue weighted by molar-refractivity contribution is -0.151. The molecule has 1 heterocycles. The second-order valence-electron chi connectivity index (χ2n) is 6.04. The summed E-state index contributed by atoms with van der Waals surface area (Å²) in [6, 6.07) is -0.483. The van der Waals surface area contributed by atoms with Gasteiger partial charge in [-0.3, -0.25) is 4.79 Å². The zero-order valence-corrected chi connectivity index (χ0v) is 12.7. The molecular weight excluding hydrogens is 256 g/mol. The highest BCUT2D eigenvalue weighted by Gasteiger charge is 2.32. The SMILES string of the molecule is CC(N)CCCC(C)C(=O)N1CCCCCC1C(=O)O. The molecule has 0 aliphatic carbocycles. The standard InChI is InChI=1S/C15H28N2O3/c1-11(7-6-8-12(2)16)14(18)17-10-5-3-4-9-13(17)15(19)20/h11-13H,3-10,16H2,1-2H3,(H,19,20). The molecular formula is C15H28N2O3. The molecule has 1 aliphatic heterocycles. The minimum Gasteiger partial charge on any atom is -0.480 e. The van der Waals surface area contributed by atoms with Crippen LogP contribution >= 0.6 is 0 Å². The monoisotopic (exact) mass is 284 g/mol. The van der Waals surface area contributed by atoms with Gasteiger partial charge in [0.2, 0.25) is 5.91 Å². The number of carbonyl (C=O) groups excluding carboxylic acids is 1. The fourth-order valence-corrected chi connectivity index (χ4v) is 2.78. The van der Waals surface area contributed by atoms with Crippen molar-refractivity contribution in [1.29, 1.82) is 0 Å². The van der Waals surface area contributed by atoms with Crippen LogP contribution in [0.4, 0.5) is 0 Å². The van der Waals surface area contributed by atoms with Gasteiger partial charge in [0.25, 0.3) is 0 Å². The van der Waals surface area contributed by atoms with Crippen LogP contribution in [0.15, 0.2) is 0 Å². The average molecular weight is 284 g/mol. The van der Waals surface area contributed by atoms with Crippen LogP contribution in [0, 0.1) is 5.92 Å². The van der Waals surface area contributed by atoms with Crippen molar-refractivity contribution in [3.63, 3.8) is 0 Å². The van der Waals surface area contributed by atoms with Crippen molar-refractivity contribution < 1.29 is 14.7 Å². The molecule has 0 radical (unpaired) electrons. The van der Waals surface area contributed by atoms with Crippen LogP contribution in [-0.4, -0.2) is 40.5 Å². The Morgan fingerprint density at radius 3 is 2.55 bits per heavy atom. The first-order valence-corrected chi connectivity index (χ1v) is 7.72. The molecule has 0 saturated carbocycles. The molecule has 5 heteroatoms. The third kappa shape index (κ3) is 5.12. The maximum Gasteiger partial charge on any atom is 0.326 e. The number of carbonyl (C=O) groups is 2. The van der Waals surface area contributed by atoms with Crippen LogP contribution in [0.5, 0.6) is 0 Å². The van der Waals surface area contributed by atoms with Crippen molar-refractivity contribution >= 4 is 11.9 Å². The maximum atomic E-state index is 12.5. The second-order valence-corrected chi connectivity index (χ2v) is 6.04. The quantitative estimate of drug-likeness (QED) is 0.781. The molecule has 5 nitrogen and oxygen atoms in total. The molecule has 0 aromatic heterocycles. The Bertz CT molecular complexity index is 331. The van der Waals surface area contributed by atoms with Crippen LogP contribution in [0.25, 0.3) is 0 Å². The third-order valence-corrected chi connectivity index (χ3v) is 4.04. The van der Waals surface area contributed by atoms with Crippen molar-refractivity contribution in [2.24, 2.45) is 11.7 Å². The summed E-state index contributed by atoms with van der Waals surface area (Å²) in [5, 5.41) is 9.30. The second kappa shape index (κ2) is 8.25. The highest BCUT2D eigenvalue weighted by molar-refractivity contribution is 5.85. The molecule has 1 aliphatic rings. The van der Waals surface area contributed by atoms with Crippen molar-refractivity contribution in [3.05, 3.63) is 0 Å². The number of carboxylic acids is 1. The average Bonchev–Trinajstić information content (AvgIpc) is 2.62. The number of likely N-dealkylation sites (tertiary alicyclic amines) is 1. The first-order valence-electron chi connectivity index (χ1n) is 7.72. The summed E-state index contributed by atoms with van der Waals surface area (Å²) >= 11 is 0. The van der Waals surface area contributed by atoms with E-state index in [0.717, 1.165) is 38.5 Å². The van der Waals surface area contributed by atoms with Crippen molar-refractivity contribution in [1.82, 2.24) is 4.90 Å². The Balaban J connectivity index is 2.59. The summed E-state index contributed by atoms with van der Waals surface area (Å²) in [5.41, 5.74) is 5.71. The number of aliphatic carboxylic acids is 1. The van der Waals surface area contributed by atoms with Gasteiger partial charge in [0.15, 0.2) is 0 Å². The summed E-state index contributed by atoms with van der Waals surface area (Å²) < 4.78 is 0. The molecule has 3 atom stereocenters. The number of amides is 1. The van der Waals surface area contributed by atoms with Crippen LogP contribution in [0.2, 0.25) is 0 Å². The number of rotatable bonds is 6. The predicted octanol–water partition coefficient (Wildman–Crippen LogP) is 2.00. The van der Waals surface area contributed by atoms with Crippen molar-refractivity contribution in [2.45, 2.75) is 70.9 Å². The minimum absolute atomic E-state index is 0.0102. The van der Waals surface area contributed by atoms with E-state index in [1.165, 1.54) is 0 Å². The fraction of sp³-hybridized carbons (Fsp3) is 0.867. The maximum absolute atomic E-state index is 12.5. The van der Waals surface area contributed by atoms with Crippen LogP contribution in [0.3, 0.4) is 0 Å². The van der Waals surface area contributed by atoms with Crippen LogP contribution in [0.1, 0.15) is 58.8 Å². The normalized spacial score (nSPS) is 22.9. The molecule has 1 saturated heterocycles. The molecule has 1 rings (SSSR count). The molecule has 20 heavy (non-hydrogen) atoms. The molecule has 3 N–H and O–H groups in total. The first-order chi connectivity index (χ1) is 9.43. The van der Waals surface area contributed by atoms with E-state index in [0.29, 0.717) is 13.0 Å². The Hall–Kier alpha value is -1.10. The fourth-order valence-electron chi connectivity index (χ4n) is 2.78. The Labute approximate surface area is 121 Å². The van der Waals surface area contributed by atoms with Crippen LogP contribution in [-0.2, 0) is 9.59 Å². The van der Waals surface area contributed by atoms with Gasteiger partial charge in [-0.25, -0.2) is 4.79 Å². The van der Waals surface area contributed by atoms with Gasteiger partial charge in [-0.15, -0.1) is 0 Å². The molecule has 0 spiro atoms. The topological polar surface area (TPSA) is 83.6 Å². The van der Waals surface area contributed by atoms with E-state index in [1.54, 1.807) is 4.90 Å². The summed E-state index contributed by atoms with van der Waals surface area (Å²) in [7, 11) is 0. The van der Waals surface area contributed by atoms with E-state index >= 15 is 0 Å². The summed E-state index contributed by atoms with van der Waals surface area (Å²) in [5.74, 6) is -0.999. The van der Waals surface area contributed by atoms with Crippen LogP contribution < -0.4 is 5.73 Å². The number of nitrogens with two attached hydrogens (primary N) is 1. The molecule has 0 bridgehead atoms. The van der Waals surface area contributed by atoms with Gasteiger partial charge in [-0.1, -0.05) is 26.2 Å². The number of nitrogens with zero attached hydrogens (tertiary/aromatic N) is 1. The van der Waals surface area contributed by atoms with E-state index in [2.05, 4.69) is 0 Å². The Kier molecular flexibility index (Phi) is 6.99. The van der Waals surface area contributed by atoms with E-state index in [4.69, 9.17) is 5.73 Å². The zero-order valence-electron chi connectivity index (χ0n) is 12.7. The first kappa shape index (κ1) is 17.0. The van der Waals surface area contributed by atoms with Crippen molar-refractivity contribution in [3.8, 4) is 0 Å². The lowest BCUT2D eigenvalue weighted by Gasteiger charge is -2.29. The van der Waals surface area contributed by atoms with Gasteiger partial charge < -0.3 is 15.7 Å². The highest BCUT2D eigenvalue weighted by atomic mass is 16.4. The summed E-state index contributed by atoms with van der Waals surface area (Å²) in [6.45, 7) is 4.43. The predicted molar refractivity (Wildman–Crippen MR) is 78.3 cm³/mol. The molecule has 1 fully saturated rings. The zero-order chi connectivity index (χ0) is 15.1. The van der Waals surface area contributed by atoms with Gasteiger partial charge in [-0.2, -0.15) is 0 Å². The number of hydrogen-bond donors (Lipinski definition) is 2. The van der Waals surface area contributed by atoms with Crippen molar-refractivity contribution in [2.75, 3.05) is 6.54 Å². The van der Waals surface area contributed by atoms with Gasteiger partial charge >= 0.3 is 5.97 Å². The van der Waals surface area contributed by atoms with Gasteiger partial charge in [0.1, 0.15) is 6.04 Å². The van der Waals surface area contributed by atoms with Gasteiger partial charge in [0.05, 0.1) is 0 Å². The molecule has 3 unspecified atom stereocenters. The smallest absolute Gasteiger partial charge is 0.326 e. The Morgan fingerprint density at radius 1 is 1.25 bits per heavy atom. The number of carboxylic acid groups (broad SMARTS) is 1. The molecule has 0 aromatic carbocycles. The summed E-state index contributed by atoms with van der Waals surface area (Å²) in [6.07, 6.45) is 5.97. The van der Waals surface area contributed by atoms with E-state index in [-0.39, 0.29) is 17.9 Å². The third-order valence-electron chi connectivity index (χ3n) is 4.04. The van der Waals surface area contributed by atoms with E-state index < -0.39 is 12.0 Å². The van der Waals surface area contributed by atoms with E-state index in [9.17, 15) is 14.7 Å². The van der Waals surface area contributed by atoms with E-state index in [1.807, 2.05) is 13.8 Å². The largest absolute Gasteiger partial charge is 0.480 e. The molecule has 1 amide bonds. The Morgan fingerprint density at radius 2 is 1.95 bits per heavy atom. The molecule has 116 valence electrons. The highest BCUT2D eigenvalue weighted by Crippen LogP contribution is 2.21. The van der Waals surface area contributed by atoms with Gasteiger partial charge in [-0.05, 0) is 32.6 Å².